The third kappa shape index (κ3) is 3.85. The second-order valence-electron chi connectivity index (χ2n) is 7.51. The predicted octanol–water partition coefficient (Wildman–Crippen LogP) is 2.45. The first kappa shape index (κ1) is 18.8. The molecule has 0 radical (unpaired) electrons. The average Bonchev–Trinajstić information content (AvgIpc) is 2.75. The number of ether oxygens (including phenoxy) is 1. The highest BCUT2D eigenvalue weighted by molar-refractivity contribution is 5.88. The van der Waals surface area contributed by atoms with Crippen molar-refractivity contribution in [2.45, 2.75) is 37.1 Å². The van der Waals surface area contributed by atoms with Crippen LogP contribution in [0.2, 0.25) is 0 Å². The number of amides is 1. The van der Waals surface area contributed by atoms with Crippen molar-refractivity contribution >= 4 is 11.9 Å². The summed E-state index contributed by atoms with van der Waals surface area (Å²) in [4.78, 5) is 24.2. The van der Waals surface area contributed by atoms with Gasteiger partial charge in [0.05, 0.1) is 5.41 Å². The normalized spacial score (nSPS) is 21.9. The van der Waals surface area contributed by atoms with Crippen LogP contribution in [0.25, 0.3) is 0 Å². The van der Waals surface area contributed by atoms with Crippen LogP contribution in [0.1, 0.15) is 31.2 Å². The third-order valence-electron chi connectivity index (χ3n) is 5.77. The predicted molar refractivity (Wildman–Crippen MR) is 104 cm³/mol. The summed E-state index contributed by atoms with van der Waals surface area (Å²) in [5.41, 5.74) is 0.186. The van der Waals surface area contributed by atoms with Crippen LogP contribution < -0.4 is 10.2 Å². The number of nitrogens with zero attached hydrogens (tertiary/aromatic N) is 3. The van der Waals surface area contributed by atoms with E-state index >= 15 is 0 Å². The molecule has 2 aromatic rings. The molecule has 6 nitrogen and oxygen atoms in total. The number of piperidine rings is 1. The van der Waals surface area contributed by atoms with Gasteiger partial charge >= 0.3 is 0 Å². The molecule has 2 saturated heterocycles. The van der Waals surface area contributed by atoms with Gasteiger partial charge in [-0.15, -0.1) is 0 Å². The van der Waals surface area contributed by atoms with E-state index in [0.29, 0.717) is 38.5 Å². The zero-order chi connectivity index (χ0) is 19.4. The third-order valence-corrected chi connectivity index (χ3v) is 5.77. The Morgan fingerprint density at radius 3 is 2.61 bits per heavy atom. The second kappa shape index (κ2) is 8.22. The average molecular weight is 384 g/mol. The van der Waals surface area contributed by atoms with Gasteiger partial charge in [0.25, 0.3) is 0 Å². The Morgan fingerprint density at radius 1 is 1.18 bits per heavy atom. The van der Waals surface area contributed by atoms with E-state index in [1.807, 2.05) is 0 Å². The van der Waals surface area contributed by atoms with E-state index in [-0.39, 0.29) is 17.8 Å². The summed E-state index contributed by atoms with van der Waals surface area (Å²) in [6, 6.07) is 8.13. The monoisotopic (exact) mass is 384 g/mol. The maximum Gasteiger partial charge on any atom is 0.231 e. The summed E-state index contributed by atoms with van der Waals surface area (Å²) in [6.45, 7) is 2.62. The minimum absolute atomic E-state index is 0.00300. The highest BCUT2D eigenvalue weighted by atomic mass is 19.1. The lowest BCUT2D eigenvalue weighted by molar-refractivity contribution is -0.131. The highest BCUT2D eigenvalue weighted by Gasteiger charge is 2.42. The van der Waals surface area contributed by atoms with Crippen molar-refractivity contribution in [3.63, 3.8) is 0 Å². The summed E-state index contributed by atoms with van der Waals surface area (Å²) >= 11 is 0. The number of hydrogen-bond donors (Lipinski definition) is 1. The largest absolute Gasteiger partial charge is 0.381 e. The van der Waals surface area contributed by atoms with Crippen LogP contribution in [-0.2, 0) is 14.9 Å². The molecular weight excluding hydrogens is 359 g/mol. The maximum atomic E-state index is 13.4. The van der Waals surface area contributed by atoms with E-state index < -0.39 is 5.41 Å². The number of carbonyl (C=O) groups excluding carboxylic acids is 1. The van der Waals surface area contributed by atoms with Crippen LogP contribution in [0.3, 0.4) is 0 Å². The lowest BCUT2D eigenvalue weighted by Crippen LogP contribution is -2.55. The second-order valence-corrected chi connectivity index (χ2v) is 7.51. The Balaban J connectivity index is 1.50. The fourth-order valence-electron chi connectivity index (χ4n) is 4.19. The summed E-state index contributed by atoms with van der Waals surface area (Å²) in [5.74, 6) is 0.404. The van der Waals surface area contributed by atoms with Gasteiger partial charge in [-0.1, -0.05) is 12.1 Å². The minimum atomic E-state index is -0.669. The van der Waals surface area contributed by atoms with Crippen molar-refractivity contribution in [1.82, 2.24) is 15.3 Å². The molecule has 1 aromatic carbocycles. The van der Waals surface area contributed by atoms with E-state index in [0.717, 1.165) is 24.9 Å². The smallest absolute Gasteiger partial charge is 0.231 e. The number of carbonyl (C=O) groups is 1. The number of aromatic nitrogens is 2. The van der Waals surface area contributed by atoms with Gasteiger partial charge in [0.2, 0.25) is 11.9 Å². The standard InChI is InChI=1S/C21H25FN4O2/c22-17-6-4-16(5-7-17)21(8-13-28-14-9-21)19(27)25-18-3-1-12-26(15-18)20-23-10-2-11-24-20/h2,4-7,10-11,18H,1,3,8-9,12-15H2,(H,25,27). The van der Waals surface area contributed by atoms with Crippen LogP contribution >= 0.6 is 0 Å². The molecule has 3 heterocycles. The molecule has 4 rings (SSSR count). The quantitative estimate of drug-likeness (QED) is 0.877. The summed E-state index contributed by atoms with van der Waals surface area (Å²) in [6.07, 6.45) is 6.55. The SMILES string of the molecule is O=C(NC1CCCN(c2ncccn2)C1)C1(c2ccc(F)cc2)CCOCC1. The van der Waals surface area contributed by atoms with Crippen LogP contribution in [-0.4, -0.2) is 48.2 Å². The van der Waals surface area contributed by atoms with E-state index in [1.165, 1.54) is 12.1 Å². The first-order valence-electron chi connectivity index (χ1n) is 9.84. The number of benzene rings is 1. The molecule has 2 fully saturated rings. The summed E-state index contributed by atoms with van der Waals surface area (Å²) in [5, 5.41) is 3.26. The molecule has 148 valence electrons. The molecule has 0 bridgehead atoms. The minimum Gasteiger partial charge on any atom is -0.381 e. The number of halogens is 1. The first-order valence-corrected chi connectivity index (χ1v) is 9.84. The number of rotatable bonds is 4. The molecular formula is C21H25FN4O2. The van der Waals surface area contributed by atoms with E-state index in [9.17, 15) is 9.18 Å². The molecule has 2 aliphatic heterocycles. The van der Waals surface area contributed by atoms with Gasteiger partial charge < -0.3 is 15.0 Å². The Bertz CT molecular complexity index is 794. The molecule has 1 unspecified atom stereocenters. The maximum absolute atomic E-state index is 13.4. The highest BCUT2D eigenvalue weighted by Crippen LogP contribution is 2.35. The first-order chi connectivity index (χ1) is 13.7. The van der Waals surface area contributed by atoms with Gasteiger partial charge in [-0.05, 0) is 49.4 Å². The van der Waals surface area contributed by atoms with Gasteiger partial charge in [0, 0.05) is 44.7 Å². The van der Waals surface area contributed by atoms with Crippen molar-refractivity contribution in [3.05, 3.63) is 54.1 Å². The van der Waals surface area contributed by atoms with Crippen LogP contribution in [0.5, 0.6) is 0 Å². The van der Waals surface area contributed by atoms with Gasteiger partial charge in [0.1, 0.15) is 5.82 Å². The molecule has 7 heteroatoms. The van der Waals surface area contributed by atoms with Crippen LogP contribution in [0.15, 0.2) is 42.7 Å². The van der Waals surface area contributed by atoms with Gasteiger partial charge in [-0.3, -0.25) is 4.79 Å². The lowest BCUT2D eigenvalue weighted by Gasteiger charge is -2.39. The van der Waals surface area contributed by atoms with Crippen molar-refractivity contribution in [2.75, 3.05) is 31.2 Å². The van der Waals surface area contributed by atoms with Crippen molar-refractivity contribution in [2.24, 2.45) is 0 Å². The lowest BCUT2D eigenvalue weighted by atomic mass is 9.73. The van der Waals surface area contributed by atoms with E-state index in [1.54, 1.807) is 30.6 Å². The van der Waals surface area contributed by atoms with Gasteiger partial charge in [0.15, 0.2) is 0 Å². The zero-order valence-corrected chi connectivity index (χ0v) is 15.8. The fraction of sp³-hybridized carbons (Fsp3) is 0.476. The molecule has 0 saturated carbocycles. The van der Waals surface area contributed by atoms with Crippen molar-refractivity contribution in [3.8, 4) is 0 Å². The fourth-order valence-corrected chi connectivity index (χ4v) is 4.19. The molecule has 1 amide bonds. The van der Waals surface area contributed by atoms with Crippen molar-refractivity contribution < 1.29 is 13.9 Å². The number of nitrogens with one attached hydrogen (secondary N) is 1. The summed E-state index contributed by atoms with van der Waals surface area (Å²) in [7, 11) is 0. The summed E-state index contributed by atoms with van der Waals surface area (Å²) < 4.78 is 18.9. The Labute approximate surface area is 164 Å². The number of hydrogen-bond acceptors (Lipinski definition) is 5. The Morgan fingerprint density at radius 2 is 1.89 bits per heavy atom. The molecule has 0 aliphatic carbocycles. The molecule has 0 spiro atoms. The van der Waals surface area contributed by atoms with Gasteiger partial charge in [-0.25, -0.2) is 14.4 Å². The van der Waals surface area contributed by atoms with Crippen molar-refractivity contribution in [1.29, 1.82) is 0 Å². The Kier molecular flexibility index (Phi) is 5.52. The van der Waals surface area contributed by atoms with E-state index in [4.69, 9.17) is 4.74 Å². The molecule has 1 N–H and O–H groups in total. The molecule has 2 aliphatic rings. The zero-order valence-electron chi connectivity index (χ0n) is 15.8. The topological polar surface area (TPSA) is 67.4 Å². The number of anilines is 1. The van der Waals surface area contributed by atoms with Crippen LogP contribution in [0, 0.1) is 5.82 Å². The van der Waals surface area contributed by atoms with Crippen LogP contribution in [0.4, 0.5) is 10.3 Å². The molecule has 28 heavy (non-hydrogen) atoms. The molecule has 1 aromatic heterocycles. The van der Waals surface area contributed by atoms with Gasteiger partial charge in [-0.2, -0.15) is 0 Å². The Hall–Kier alpha value is -2.54. The molecule has 1 atom stereocenters. The van der Waals surface area contributed by atoms with E-state index in [2.05, 4.69) is 20.2 Å².